The van der Waals surface area contributed by atoms with E-state index in [1.807, 2.05) is 46.9 Å². The van der Waals surface area contributed by atoms with Crippen molar-refractivity contribution in [1.82, 2.24) is 20.0 Å². The molecule has 0 amide bonds. The molecule has 2 aromatic rings. The number of carbonyl (C=O) groups is 1. The van der Waals surface area contributed by atoms with E-state index < -0.39 is 5.60 Å². The van der Waals surface area contributed by atoms with E-state index in [9.17, 15) is 4.79 Å². The molecular formula is C21H31N5O3. The minimum atomic E-state index is -0.468. The maximum Gasteiger partial charge on any atom is 0.309 e. The average Bonchev–Trinajstić information content (AvgIpc) is 3.03. The smallest absolute Gasteiger partial charge is 0.309 e. The van der Waals surface area contributed by atoms with Crippen LogP contribution in [0.2, 0.25) is 0 Å². The molecule has 1 fully saturated rings. The van der Waals surface area contributed by atoms with Gasteiger partial charge in [-0.05, 0) is 65.5 Å². The van der Waals surface area contributed by atoms with Gasteiger partial charge in [0, 0.05) is 13.6 Å². The molecule has 0 bridgehead atoms. The fourth-order valence-corrected chi connectivity index (χ4v) is 3.64. The van der Waals surface area contributed by atoms with Gasteiger partial charge in [0.15, 0.2) is 0 Å². The highest BCUT2D eigenvalue weighted by Gasteiger charge is 2.32. The van der Waals surface area contributed by atoms with Crippen LogP contribution in [0, 0.1) is 12.8 Å². The Bertz CT molecular complexity index is 872. The van der Waals surface area contributed by atoms with Crippen molar-refractivity contribution in [2.75, 3.05) is 0 Å². The fourth-order valence-electron chi connectivity index (χ4n) is 3.64. The van der Waals surface area contributed by atoms with Crippen molar-refractivity contribution in [2.45, 2.75) is 71.6 Å². The molecule has 0 unspecified atom stereocenters. The Labute approximate surface area is 171 Å². The first-order valence-electron chi connectivity index (χ1n) is 10.1. The highest BCUT2D eigenvalue weighted by molar-refractivity contribution is 5.73. The van der Waals surface area contributed by atoms with Gasteiger partial charge in [-0.1, -0.05) is 5.21 Å². The van der Waals surface area contributed by atoms with Gasteiger partial charge in [0.05, 0.1) is 29.1 Å². The lowest BCUT2D eigenvalue weighted by atomic mass is 9.87. The predicted molar refractivity (Wildman–Crippen MR) is 109 cm³/mol. The van der Waals surface area contributed by atoms with Crippen LogP contribution in [0.5, 0.6) is 5.75 Å². The first-order valence-corrected chi connectivity index (χ1v) is 10.1. The van der Waals surface area contributed by atoms with Crippen molar-refractivity contribution in [1.29, 1.82) is 0 Å². The molecule has 1 aliphatic rings. The van der Waals surface area contributed by atoms with Crippen LogP contribution in [-0.2, 0) is 23.1 Å². The Hall–Kier alpha value is -2.48. The zero-order valence-corrected chi connectivity index (χ0v) is 17.9. The molecule has 1 saturated carbocycles. The van der Waals surface area contributed by atoms with E-state index in [2.05, 4.69) is 15.3 Å². The molecule has 29 heavy (non-hydrogen) atoms. The predicted octanol–water partition coefficient (Wildman–Crippen LogP) is 2.92. The van der Waals surface area contributed by atoms with E-state index in [-0.39, 0.29) is 18.0 Å². The number of hydrogen-bond donors (Lipinski definition) is 1. The molecule has 2 N–H and O–H groups in total. The number of carbonyl (C=O) groups excluding carboxylic acids is 1. The summed E-state index contributed by atoms with van der Waals surface area (Å²) in [6, 6.07) is 3.78. The van der Waals surface area contributed by atoms with Crippen molar-refractivity contribution in [2.24, 2.45) is 18.7 Å². The summed E-state index contributed by atoms with van der Waals surface area (Å²) in [7, 11) is 1.81. The molecule has 0 spiro atoms. The van der Waals surface area contributed by atoms with E-state index >= 15 is 0 Å². The van der Waals surface area contributed by atoms with Gasteiger partial charge >= 0.3 is 5.97 Å². The summed E-state index contributed by atoms with van der Waals surface area (Å²) < 4.78 is 13.4. The maximum atomic E-state index is 12.4. The van der Waals surface area contributed by atoms with E-state index in [1.165, 1.54) is 0 Å². The second kappa shape index (κ2) is 8.49. The lowest BCUT2D eigenvalue weighted by molar-refractivity contribution is -0.162. The minimum absolute atomic E-state index is 0.0243. The van der Waals surface area contributed by atoms with Crippen LogP contribution >= 0.6 is 0 Å². The van der Waals surface area contributed by atoms with Crippen molar-refractivity contribution in [3.63, 3.8) is 0 Å². The van der Waals surface area contributed by atoms with E-state index in [0.29, 0.717) is 18.7 Å². The summed E-state index contributed by atoms with van der Waals surface area (Å²) in [6.07, 6.45) is 3.35. The van der Waals surface area contributed by atoms with Gasteiger partial charge in [0.25, 0.3) is 0 Å². The minimum Gasteiger partial charge on any atom is -0.489 e. The summed E-state index contributed by atoms with van der Waals surface area (Å²) >= 11 is 0. The summed E-state index contributed by atoms with van der Waals surface area (Å²) in [5.74, 6) is 0.474. The quantitative estimate of drug-likeness (QED) is 0.768. The number of rotatable bonds is 5. The average molecular weight is 402 g/mol. The van der Waals surface area contributed by atoms with Crippen molar-refractivity contribution >= 4 is 5.97 Å². The first-order chi connectivity index (χ1) is 13.7. The van der Waals surface area contributed by atoms with Gasteiger partial charge in [0.1, 0.15) is 17.0 Å². The molecule has 2 aromatic heterocycles. The highest BCUT2D eigenvalue weighted by Crippen LogP contribution is 2.31. The molecule has 158 valence electrons. The second-order valence-corrected chi connectivity index (χ2v) is 8.63. The number of aromatic nitrogens is 4. The third-order valence-corrected chi connectivity index (χ3v) is 5.08. The summed E-state index contributed by atoms with van der Waals surface area (Å²) in [6.45, 7) is 7.93. The van der Waals surface area contributed by atoms with E-state index in [4.69, 9.17) is 15.2 Å². The van der Waals surface area contributed by atoms with Crippen LogP contribution < -0.4 is 10.5 Å². The number of pyridine rings is 1. The Morgan fingerprint density at radius 1 is 1.31 bits per heavy atom. The Balaban J connectivity index is 1.69. The third-order valence-electron chi connectivity index (χ3n) is 5.08. The monoisotopic (exact) mass is 401 g/mol. The normalized spacial score (nSPS) is 19.8. The molecule has 0 saturated heterocycles. The SMILES string of the molecule is Cc1nc(-c2nnn(C)c2CN)ccc1O[C@H]1CCC[C@H](C(=O)OC(C)(C)C)C1. The first kappa shape index (κ1) is 21.2. The van der Waals surface area contributed by atoms with Gasteiger partial charge in [-0.2, -0.15) is 0 Å². The Morgan fingerprint density at radius 2 is 2.07 bits per heavy atom. The molecule has 2 heterocycles. The van der Waals surface area contributed by atoms with Crippen LogP contribution in [0.1, 0.15) is 57.8 Å². The second-order valence-electron chi connectivity index (χ2n) is 8.63. The van der Waals surface area contributed by atoms with Gasteiger partial charge in [-0.15, -0.1) is 5.10 Å². The molecule has 0 aromatic carbocycles. The van der Waals surface area contributed by atoms with Crippen molar-refractivity contribution in [3.8, 4) is 17.1 Å². The van der Waals surface area contributed by atoms with Crippen molar-refractivity contribution in [3.05, 3.63) is 23.5 Å². The van der Waals surface area contributed by atoms with Crippen LogP contribution in [0.15, 0.2) is 12.1 Å². The molecule has 0 aliphatic heterocycles. The van der Waals surface area contributed by atoms with Crippen LogP contribution in [-0.4, -0.2) is 37.7 Å². The molecule has 1 aliphatic carbocycles. The lowest BCUT2D eigenvalue weighted by Crippen LogP contribution is -2.34. The number of ether oxygens (including phenoxy) is 2. The van der Waals surface area contributed by atoms with Gasteiger partial charge in [-0.3, -0.25) is 9.48 Å². The molecule has 0 radical (unpaired) electrons. The van der Waals surface area contributed by atoms with Gasteiger partial charge < -0.3 is 15.2 Å². The number of nitrogens with two attached hydrogens (primary N) is 1. The number of nitrogens with zero attached hydrogens (tertiary/aromatic N) is 4. The fraction of sp³-hybridized carbons (Fsp3) is 0.619. The largest absolute Gasteiger partial charge is 0.489 e. The van der Waals surface area contributed by atoms with Gasteiger partial charge in [0.2, 0.25) is 0 Å². The molecule has 8 heteroatoms. The molecule has 8 nitrogen and oxygen atoms in total. The van der Waals surface area contributed by atoms with Gasteiger partial charge in [-0.25, -0.2) is 4.98 Å². The number of hydrogen-bond acceptors (Lipinski definition) is 7. The standard InChI is InChI=1S/C21H31N5O3/c1-13-18(10-9-16(23-13)19-17(12-22)26(5)25-24-19)28-15-8-6-7-14(11-15)20(27)29-21(2,3)4/h9-10,14-15H,6-8,11-12,22H2,1-5H3/t14-,15-/m0/s1. The zero-order valence-electron chi connectivity index (χ0n) is 17.9. The molecular weight excluding hydrogens is 370 g/mol. The van der Waals surface area contributed by atoms with Crippen LogP contribution in [0.4, 0.5) is 0 Å². The van der Waals surface area contributed by atoms with Crippen LogP contribution in [0.25, 0.3) is 11.4 Å². The topological polar surface area (TPSA) is 105 Å². The van der Waals surface area contributed by atoms with Crippen molar-refractivity contribution < 1.29 is 14.3 Å². The third kappa shape index (κ3) is 5.12. The Morgan fingerprint density at radius 3 is 2.72 bits per heavy atom. The Kier molecular flexibility index (Phi) is 6.21. The highest BCUT2D eigenvalue weighted by atomic mass is 16.6. The zero-order chi connectivity index (χ0) is 21.2. The number of esters is 1. The summed E-state index contributed by atoms with van der Waals surface area (Å²) in [5.41, 5.74) is 8.35. The van der Waals surface area contributed by atoms with E-state index in [0.717, 1.165) is 42.1 Å². The summed E-state index contributed by atoms with van der Waals surface area (Å²) in [5, 5.41) is 8.21. The van der Waals surface area contributed by atoms with Crippen LogP contribution in [0.3, 0.4) is 0 Å². The van der Waals surface area contributed by atoms with E-state index in [1.54, 1.807) is 4.68 Å². The summed E-state index contributed by atoms with van der Waals surface area (Å²) in [4.78, 5) is 17.1. The molecule has 2 atom stereocenters. The number of aryl methyl sites for hydroxylation is 2. The maximum absolute atomic E-state index is 12.4. The molecule has 3 rings (SSSR count). The lowest BCUT2D eigenvalue weighted by Gasteiger charge is -2.30.